The van der Waals surface area contributed by atoms with Crippen molar-refractivity contribution in [2.24, 2.45) is 11.8 Å². The number of aromatic nitrogens is 1. The van der Waals surface area contributed by atoms with Gasteiger partial charge in [0.15, 0.2) is 11.6 Å². The van der Waals surface area contributed by atoms with Crippen LogP contribution in [0.25, 0.3) is 22.0 Å². The monoisotopic (exact) mass is 588 g/mol. The predicted molar refractivity (Wildman–Crippen MR) is 173 cm³/mol. The highest BCUT2D eigenvalue weighted by Gasteiger charge is 2.21. The van der Waals surface area contributed by atoms with Gasteiger partial charge in [0.1, 0.15) is 0 Å². The van der Waals surface area contributed by atoms with Gasteiger partial charge in [-0.15, -0.1) is 0 Å². The normalized spacial score (nSPS) is 13.0. The van der Waals surface area contributed by atoms with Gasteiger partial charge in [-0.25, -0.2) is 9.82 Å². The number of benzene rings is 2. The van der Waals surface area contributed by atoms with E-state index in [0.29, 0.717) is 18.5 Å². The van der Waals surface area contributed by atoms with Crippen LogP contribution < -0.4 is 15.5 Å². The lowest BCUT2D eigenvalue weighted by molar-refractivity contribution is 0.144. The second kappa shape index (κ2) is 18.6. The molecule has 0 saturated heterocycles. The van der Waals surface area contributed by atoms with Crippen molar-refractivity contribution in [3.05, 3.63) is 65.0 Å². The highest BCUT2D eigenvalue weighted by molar-refractivity contribution is 5.87. The molecule has 0 fully saturated rings. The number of nitrogens with one attached hydrogen (secondary N) is 3. The molecule has 2 atom stereocenters. The van der Waals surface area contributed by atoms with Gasteiger partial charge >= 0.3 is 0 Å². The topological polar surface area (TPSA) is 72.5 Å². The number of allylic oxidation sites excluding steroid dienone is 1. The summed E-state index contributed by atoms with van der Waals surface area (Å²) in [5.41, 5.74) is 8.35. The average molecular weight is 589 g/mol. The van der Waals surface area contributed by atoms with E-state index in [2.05, 4.69) is 36.5 Å². The van der Waals surface area contributed by atoms with Crippen molar-refractivity contribution in [3.63, 3.8) is 0 Å². The number of hydrogen-bond acceptors (Lipinski definition) is 5. The van der Waals surface area contributed by atoms with Crippen molar-refractivity contribution in [1.29, 1.82) is 0 Å². The Morgan fingerprint density at radius 3 is 2.21 bits per heavy atom. The molecule has 6 nitrogen and oxygen atoms in total. The van der Waals surface area contributed by atoms with Crippen LogP contribution in [-0.4, -0.2) is 48.5 Å². The molecule has 1 heterocycles. The number of nitrogens with zero attached hydrogens (tertiary/aromatic N) is 1. The first kappa shape index (κ1) is 37.1. The van der Waals surface area contributed by atoms with Gasteiger partial charge in [-0.3, -0.25) is 0 Å². The zero-order chi connectivity index (χ0) is 32.0. The van der Waals surface area contributed by atoms with E-state index in [4.69, 9.17) is 4.74 Å². The van der Waals surface area contributed by atoms with E-state index in [1.807, 2.05) is 78.0 Å². The zero-order valence-electron chi connectivity index (χ0n) is 27.6. The Hall–Kier alpha value is -2.94. The number of ether oxygens (including phenoxy) is 1. The van der Waals surface area contributed by atoms with Crippen LogP contribution in [0, 0.1) is 23.5 Å². The fourth-order valence-electron chi connectivity index (χ4n) is 4.58. The minimum Gasteiger partial charge on any atom is -0.489 e. The van der Waals surface area contributed by atoms with Gasteiger partial charge in [0.05, 0.1) is 12.7 Å². The molecule has 0 aliphatic carbocycles. The number of aliphatic hydroxyl groups excluding tert-OH is 1. The van der Waals surface area contributed by atoms with Gasteiger partial charge in [0.25, 0.3) is 0 Å². The fourth-order valence-corrected chi connectivity index (χ4v) is 4.58. The molecule has 2 unspecified atom stereocenters. The van der Waals surface area contributed by atoms with Crippen LogP contribution in [-0.2, 0) is 6.54 Å². The third kappa shape index (κ3) is 10.4. The zero-order valence-corrected chi connectivity index (χ0v) is 27.6. The summed E-state index contributed by atoms with van der Waals surface area (Å²) in [5.74, 6) is -1.36. The Labute approximate surface area is 252 Å². The van der Waals surface area contributed by atoms with E-state index in [9.17, 15) is 13.9 Å². The second-order valence-corrected chi connectivity index (χ2v) is 10.8. The summed E-state index contributed by atoms with van der Waals surface area (Å²) in [6, 6.07) is 10.5. The van der Waals surface area contributed by atoms with E-state index in [1.54, 1.807) is 13.0 Å². The molecule has 0 radical (unpaired) electrons. The number of aliphatic hydroxyl groups is 1. The van der Waals surface area contributed by atoms with Crippen LogP contribution in [0.5, 0.6) is 5.75 Å². The SMILES string of the molecule is CC.CC(C)C.CCN(NC)/C(C)=C(/CCOc1c(-c2ccc3[nH]c(CNC)cc3c2)ccc(F)c1F)C(C)C(C)O. The molecule has 236 valence electrons. The highest BCUT2D eigenvalue weighted by Crippen LogP contribution is 2.36. The maximum Gasteiger partial charge on any atom is 0.201 e. The molecule has 1 aromatic heterocycles. The van der Waals surface area contributed by atoms with Gasteiger partial charge in [0.2, 0.25) is 5.82 Å². The van der Waals surface area contributed by atoms with E-state index in [-0.39, 0.29) is 18.3 Å². The highest BCUT2D eigenvalue weighted by atomic mass is 19.2. The summed E-state index contributed by atoms with van der Waals surface area (Å²) in [7, 11) is 3.72. The van der Waals surface area contributed by atoms with Crippen molar-refractivity contribution in [3.8, 4) is 16.9 Å². The molecule has 0 spiro atoms. The molecule has 3 aromatic rings. The van der Waals surface area contributed by atoms with E-state index < -0.39 is 17.7 Å². The molecule has 0 aliphatic rings. The van der Waals surface area contributed by atoms with Gasteiger partial charge in [-0.1, -0.05) is 47.6 Å². The molecule has 4 N–H and O–H groups in total. The fraction of sp³-hybridized carbons (Fsp3) is 0.529. The van der Waals surface area contributed by atoms with Crippen LogP contribution >= 0.6 is 0 Å². The van der Waals surface area contributed by atoms with E-state index in [1.165, 1.54) is 0 Å². The second-order valence-electron chi connectivity index (χ2n) is 10.8. The lowest BCUT2D eigenvalue weighted by atomic mass is 9.92. The quantitative estimate of drug-likeness (QED) is 0.161. The number of H-pyrrole nitrogens is 1. The summed E-state index contributed by atoms with van der Waals surface area (Å²) >= 11 is 0. The standard InChI is InChI=1S/C28H38F2N4O2.C4H10.C2H6/c1-7-34(32-6)18(3)23(17(2)19(4)35)12-13-36-28-24(9-10-25(29)27(28)30)20-8-11-26-21(14-20)15-22(33-26)16-31-5;1-4(2)3;1-2/h8-11,14-15,17,19,31-33,35H,7,12-13,16H2,1-6H3;4H,1-3H3;1-2H3/b23-18-;;. The third-order valence-electron chi connectivity index (χ3n) is 6.75. The maximum absolute atomic E-state index is 15.0. The van der Waals surface area contributed by atoms with Crippen LogP contribution in [0.15, 0.2) is 47.7 Å². The minimum atomic E-state index is -1.01. The van der Waals surface area contributed by atoms with Crippen molar-refractivity contribution >= 4 is 10.9 Å². The molecule has 0 bridgehead atoms. The Bertz CT molecular complexity index is 1250. The molecular formula is C34H54F2N4O2. The van der Waals surface area contributed by atoms with Crippen LogP contribution in [0.1, 0.15) is 74.4 Å². The summed E-state index contributed by atoms with van der Waals surface area (Å²) in [4.78, 5) is 3.34. The molecule has 0 aliphatic heterocycles. The van der Waals surface area contributed by atoms with Crippen LogP contribution in [0.3, 0.4) is 0 Å². The minimum absolute atomic E-state index is 0.108. The molecular weight excluding hydrogens is 534 g/mol. The largest absolute Gasteiger partial charge is 0.489 e. The Morgan fingerprint density at radius 1 is 1.02 bits per heavy atom. The lowest BCUT2D eigenvalue weighted by Gasteiger charge is -2.29. The van der Waals surface area contributed by atoms with E-state index in [0.717, 1.165) is 52.0 Å². The molecule has 3 rings (SSSR count). The Kier molecular flexibility index (Phi) is 16.4. The van der Waals surface area contributed by atoms with E-state index >= 15 is 0 Å². The smallest absolute Gasteiger partial charge is 0.201 e. The van der Waals surface area contributed by atoms with Crippen LogP contribution in [0.2, 0.25) is 0 Å². The van der Waals surface area contributed by atoms with Crippen molar-refractivity contribution < 1.29 is 18.6 Å². The number of aromatic amines is 1. The van der Waals surface area contributed by atoms with Gasteiger partial charge in [-0.05, 0) is 75.2 Å². The number of rotatable bonds is 12. The van der Waals surface area contributed by atoms with Gasteiger partial charge < -0.3 is 25.2 Å². The predicted octanol–water partition coefficient (Wildman–Crippen LogP) is 8.04. The molecule has 0 amide bonds. The summed E-state index contributed by atoms with van der Waals surface area (Å²) in [6.07, 6.45) is -0.108. The van der Waals surface area contributed by atoms with Crippen molar-refractivity contribution in [2.45, 2.75) is 81.4 Å². The first-order valence-corrected chi connectivity index (χ1v) is 15.1. The van der Waals surface area contributed by atoms with Crippen molar-refractivity contribution in [1.82, 2.24) is 20.7 Å². The summed E-state index contributed by atoms with van der Waals surface area (Å²) < 4.78 is 35.2. The Morgan fingerprint density at radius 2 is 1.67 bits per heavy atom. The number of fused-ring (bicyclic) bond motifs is 1. The first-order valence-electron chi connectivity index (χ1n) is 15.1. The lowest BCUT2D eigenvalue weighted by Crippen LogP contribution is -2.35. The van der Waals surface area contributed by atoms with Gasteiger partial charge in [0, 0.05) is 60.3 Å². The first-order chi connectivity index (χ1) is 19.9. The maximum atomic E-state index is 15.0. The van der Waals surface area contributed by atoms with Gasteiger partial charge in [-0.2, -0.15) is 4.39 Å². The number of halogens is 2. The molecule has 2 aromatic carbocycles. The molecule has 42 heavy (non-hydrogen) atoms. The summed E-state index contributed by atoms with van der Waals surface area (Å²) in [5, 5.41) is 16.3. The molecule has 0 saturated carbocycles. The average Bonchev–Trinajstić information content (AvgIpc) is 3.36. The third-order valence-corrected chi connectivity index (χ3v) is 6.75. The Balaban J connectivity index is 0.00000135. The van der Waals surface area contributed by atoms with Crippen molar-refractivity contribution in [2.75, 3.05) is 27.2 Å². The van der Waals surface area contributed by atoms with Crippen LogP contribution in [0.4, 0.5) is 8.78 Å². The summed E-state index contributed by atoms with van der Waals surface area (Å²) in [6.45, 7) is 19.8. The molecule has 8 heteroatoms. The number of hydrazine groups is 1. The number of hydrogen-bond donors (Lipinski definition) is 4.